The fraction of sp³-hybridized carbons (Fsp3) is 0.364. The second kappa shape index (κ2) is 18.7. The minimum absolute atomic E-state index is 0.228. The fourth-order valence-corrected chi connectivity index (χ4v) is 1.93. The summed E-state index contributed by atoms with van der Waals surface area (Å²) in [5.74, 6) is -0.455. The Balaban J connectivity index is 0.000000477. The number of esters is 2. The molecule has 0 amide bonds. The molecule has 0 saturated carbocycles. The number of rotatable bonds is 8. The minimum atomic E-state index is -1.42. The van der Waals surface area contributed by atoms with E-state index in [1.807, 2.05) is 36.4 Å². The SMILES string of the molecule is CCCCOC(=O)c1ccccc1.CCCCOC(=O)c1ccccc1.O=[SH2]=O. The largest absolute Gasteiger partial charge is 0.462 e. The van der Waals surface area contributed by atoms with Gasteiger partial charge < -0.3 is 9.47 Å². The van der Waals surface area contributed by atoms with Crippen molar-refractivity contribution in [1.29, 1.82) is 0 Å². The van der Waals surface area contributed by atoms with E-state index in [1.54, 1.807) is 24.3 Å². The number of carbonyl (C=O) groups is 2. The van der Waals surface area contributed by atoms with Crippen LogP contribution in [0.3, 0.4) is 0 Å². The van der Waals surface area contributed by atoms with Gasteiger partial charge in [-0.2, -0.15) is 0 Å². The molecule has 0 spiro atoms. The third-order valence-corrected chi connectivity index (χ3v) is 3.48. The van der Waals surface area contributed by atoms with Crippen LogP contribution in [0.2, 0.25) is 0 Å². The van der Waals surface area contributed by atoms with Crippen LogP contribution in [0, 0.1) is 0 Å². The molecule has 7 heteroatoms. The highest BCUT2D eigenvalue weighted by molar-refractivity contribution is 7.51. The lowest BCUT2D eigenvalue weighted by Crippen LogP contribution is -2.05. The quantitative estimate of drug-likeness (QED) is 0.471. The molecular weight excluding hydrogens is 392 g/mol. The van der Waals surface area contributed by atoms with Gasteiger partial charge in [0, 0.05) is 0 Å². The molecule has 0 aliphatic rings. The zero-order valence-electron chi connectivity index (χ0n) is 17.0. The van der Waals surface area contributed by atoms with Gasteiger partial charge in [-0.15, -0.1) is 0 Å². The van der Waals surface area contributed by atoms with Crippen LogP contribution in [-0.4, -0.2) is 33.6 Å². The van der Waals surface area contributed by atoms with Gasteiger partial charge in [-0.05, 0) is 37.1 Å². The predicted octanol–water partition coefficient (Wildman–Crippen LogP) is 4.08. The van der Waals surface area contributed by atoms with Crippen LogP contribution in [0.15, 0.2) is 60.7 Å². The monoisotopic (exact) mass is 422 g/mol. The van der Waals surface area contributed by atoms with Crippen molar-refractivity contribution in [2.24, 2.45) is 0 Å². The Morgan fingerprint density at radius 3 is 1.28 bits per heavy atom. The first-order chi connectivity index (χ1) is 14.1. The molecule has 2 rings (SSSR count). The summed E-state index contributed by atoms with van der Waals surface area (Å²) in [4.78, 5) is 22.6. The molecule has 0 aliphatic heterocycles. The van der Waals surface area contributed by atoms with E-state index in [4.69, 9.17) is 17.9 Å². The van der Waals surface area contributed by atoms with Crippen molar-refractivity contribution in [3.05, 3.63) is 71.8 Å². The maximum absolute atomic E-state index is 11.3. The summed E-state index contributed by atoms with van der Waals surface area (Å²) in [6, 6.07) is 18.1. The van der Waals surface area contributed by atoms with E-state index in [9.17, 15) is 9.59 Å². The predicted molar refractivity (Wildman–Crippen MR) is 115 cm³/mol. The maximum atomic E-state index is 11.3. The van der Waals surface area contributed by atoms with Crippen molar-refractivity contribution in [2.75, 3.05) is 13.2 Å². The minimum Gasteiger partial charge on any atom is -0.462 e. The first-order valence-electron chi connectivity index (χ1n) is 9.54. The summed E-state index contributed by atoms with van der Waals surface area (Å²) in [7, 11) is 0. The van der Waals surface area contributed by atoms with Gasteiger partial charge in [0.05, 0.1) is 24.3 Å². The van der Waals surface area contributed by atoms with E-state index >= 15 is 0 Å². The average Bonchev–Trinajstić information content (AvgIpc) is 2.76. The molecule has 0 aliphatic carbocycles. The second-order valence-corrected chi connectivity index (χ2v) is 5.96. The summed E-state index contributed by atoms with van der Waals surface area (Å²) >= 11 is -1.42. The molecule has 2 aromatic carbocycles. The highest BCUT2D eigenvalue weighted by Gasteiger charge is 2.04. The van der Waals surface area contributed by atoms with E-state index in [2.05, 4.69) is 13.8 Å². The van der Waals surface area contributed by atoms with Crippen LogP contribution in [0.5, 0.6) is 0 Å². The molecule has 2 aromatic rings. The Morgan fingerprint density at radius 1 is 0.690 bits per heavy atom. The average molecular weight is 423 g/mol. The highest BCUT2D eigenvalue weighted by Crippen LogP contribution is 2.02. The maximum Gasteiger partial charge on any atom is 0.338 e. The van der Waals surface area contributed by atoms with E-state index in [1.165, 1.54) is 0 Å². The third kappa shape index (κ3) is 14.0. The van der Waals surface area contributed by atoms with Gasteiger partial charge in [-0.1, -0.05) is 63.1 Å². The third-order valence-electron chi connectivity index (χ3n) is 3.48. The van der Waals surface area contributed by atoms with Crippen molar-refractivity contribution in [2.45, 2.75) is 39.5 Å². The van der Waals surface area contributed by atoms with E-state index in [0.717, 1.165) is 25.7 Å². The molecule has 0 fully saturated rings. The van der Waals surface area contributed by atoms with Crippen LogP contribution in [0.4, 0.5) is 0 Å². The Hall–Kier alpha value is -2.67. The number of carbonyl (C=O) groups excluding carboxylic acids is 2. The van der Waals surface area contributed by atoms with Crippen LogP contribution < -0.4 is 0 Å². The number of hydrogen-bond acceptors (Lipinski definition) is 6. The van der Waals surface area contributed by atoms with Crippen molar-refractivity contribution in [1.82, 2.24) is 0 Å². The molecule has 0 heterocycles. The summed E-state index contributed by atoms with van der Waals surface area (Å²) in [5, 5.41) is 0. The van der Waals surface area contributed by atoms with Gasteiger partial charge >= 0.3 is 11.9 Å². The zero-order chi connectivity index (χ0) is 21.7. The van der Waals surface area contributed by atoms with Gasteiger partial charge in [-0.25, -0.2) is 18.0 Å². The topological polar surface area (TPSA) is 86.7 Å². The van der Waals surface area contributed by atoms with Gasteiger partial charge in [0.25, 0.3) is 0 Å². The lowest BCUT2D eigenvalue weighted by molar-refractivity contribution is 0.0490. The lowest BCUT2D eigenvalue weighted by atomic mass is 10.2. The van der Waals surface area contributed by atoms with Gasteiger partial charge in [0.1, 0.15) is 11.6 Å². The highest BCUT2D eigenvalue weighted by atomic mass is 32.1. The first kappa shape index (κ1) is 26.3. The Kier molecular flexibility index (Phi) is 17.0. The second-order valence-electron chi connectivity index (χ2n) is 5.79. The van der Waals surface area contributed by atoms with Crippen LogP contribution in [-0.2, 0) is 21.0 Å². The molecule has 29 heavy (non-hydrogen) atoms. The number of hydrogen-bond donors (Lipinski definition) is 0. The van der Waals surface area contributed by atoms with Crippen molar-refractivity contribution >= 4 is 23.5 Å². The Labute approximate surface area is 175 Å². The van der Waals surface area contributed by atoms with E-state index in [-0.39, 0.29) is 11.9 Å². The molecule has 0 atom stereocenters. The van der Waals surface area contributed by atoms with E-state index < -0.39 is 11.6 Å². The molecule has 0 saturated heterocycles. The molecule has 160 valence electrons. The number of ether oxygens (including phenoxy) is 2. The molecule has 0 N–H and O–H groups in total. The van der Waals surface area contributed by atoms with Crippen LogP contribution in [0.25, 0.3) is 0 Å². The van der Waals surface area contributed by atoms with Crippen molar-refractivity contribution < 1.29 is 27.5 Å². The van der Waals surface area contributed by atoms with Crippen LogP contribution in [0.1, 0.15) is 60.2 Å². The van der Waals surface area contributed by atoms with Gasteiger partial charge in [0.2, 0.25) is 0 Å². The summed E-state index contributed by atoms with van der Waals surface area (Å²) in [5.41, 5.74) is 1.25. The summed E-state index contributed by atoms with van der Waals surface area (Å²) in [6.45, 7) is 5.17. The fourth-order valence-electron chi connectivity index (χ4n) is 1.93. The molecular formula is C22H30O6S. The number of benzene rings is 2. The molecule has 0 aromatic heterocycles. The summed E-state index contributed by atoms with van der Waals surface area (Å²) in [6.07, 6.45) is 3.95. The Morgan fingerprint density at radius 2 is 1.00 bits per heavy atom. The van der Waals surface area contributed by atoms with Crippen molar-refractivity contribution in [3.63, 3.8) is 0 Å². The van der Waals surface area contributed by atoms with Gasteiger partial charge in [-0.3, -0.25) is 0 Å². The molecule has 0 radical (unpaired) electrons. The summed E-state index contributed by atoms with van der Waals surface area (Å²) < 4.78 is 26.9. The number of unbranched alkanes of at least 4 members (excludes halogenated alkanes) is 2. The molecule has 0 unspecified atom stereocenters. The van der Waals surface area contributed by atoms with Gasteiger partial charge in [0.15, 0.2) is 0 Å². The zero-order valence-corrected chi connectivity index (χ0v) is 18.0. The standard InChI is InChI=1S/2C11H14O2.H2O2S/c2*1-2-3-9-13-11(12)10-7-5-4-6-8-10;1-3-2/h2*4-8H,2-3,9H2,1H3;3H2. The normalized spacial score (nSPS) is 9.17. The molecule has 0 bridgehead atoms. The van der Waals surface area contributed by atoms with E-state index in [0.29, 0.717) is 24.3 Å². The smallest absolute Gasteiger partial charge is 0.338 e. The Bertz CT molecular complexity index is 655. The lowest BCUT2D eigenvalue weighted by Gasteiger charge is -2.02. The van der Waals surface area contributed by atoms with Crippen LogP contribution >= 0.6 is 0 Å². The first-order valence-corrected chi connectivity index (χ1v) is 10.4. The molecule has 6 nitrogen and oxygen atoms in total. The van der Waals surface area contributed by atoms with Crippen molar-refractivity contribution in [3.8, 4) is 0 Å².